The number of nitrogens with one attached hydrogen (secondary N) is 1. The molecule has 4 nitrogen and oxygen atoms in total. The van der Waals surface area contributed by atoms with Crippen molar-refractivity contribution in [3.05, 3.63) is 0 Å². The summed E-state index contributed by atoms with van der Waals surface area (Å²) in [4.78, 5) is 2.37. The highest BCUT2D eigenvalue weighted by atomic mass is 16.5. The summed E-state index contributed by atoms with van der Waals surface area (Å²) in [5.74, 6) is 0.550. The van der Waals surface area contributed by atoms with Gasteiger partial charge in [0.25, 0.3) is 0 Å². The molecule has 1 saturated carbocycles. The number of hydrogen-bond donors (Lipinski definition) is 1. The summed E-state index contributed by atoms with van der Waals surface area (Å²) in [6.45, 7) is 5.82. The molecule has 0 spiro atoms. The van der Waals surface area contributed by atoms with E-state index >= 15 is 0 Å². The number of likely N-dealkylation sites (N-methyl/N-ethyl adjacent to an activating group) is 1. The van der Waals surface area contributed by atoms with Crippen molar-refractivity contribution < 1.29 is 4.74 Å². The summed E-state index contributed by atoms with van der Waals surface area (Å²) in [5, 5.41) is 13.0. The molecule has 0 aromatic heterocycles. The second kappa shape index (κ2) is 5.34. The molecule has 2 aliphatic rings. The molecule has 0 aromatic rings. The Labute approximate surface area is 104 Å². The topological polar surface area (TPSA) is 48.3 Å². The second-order valence-corrected chi connectivity index (χ2v) is 5.27. The van der Waals surface area contributed by atoms with E-state index in [1.165, 1.54) is 12.8 Å². The van der Waals surface area contributed by atoms with Crippen LogP contribution in [-0.2, 0) is 4.74 Å². The highest BCUT2D eigenvalue weighted by molar-refractivity contribution is 5.17. The molecule has 2 fully saturated rings. The van der Waals surface area contributed by atoms with Gasteiger partial charge in [0.05, 0.1) is 12.2 Å². The van der Waals surface area contributed by atoms with Crippen LogP contribution in [-0.4, -0.2) is 49.8 Å². The average Bonchev–Trinajstić information content (AvgIpc) is 3.10. The van der Waals surface area contributed by atoms with Crippen LogP contribution >= 0.6 is 0 Å². The van der Waals surface area contributed by atoms with Gasteiger partial charge in [-0.25, -0.2) is 0 Å². The van der Waals surface area contributed by atoms with Crippen LogP contribution in [0.5, 0.6) is 0 Å². The van der Waals surface area contributed by atoms with Gasteiger partial charge in [0.15, 0.2) is 0 Å². The van der Waals surface area contributed by atoms with Crippen molar-refractivity contribution in [3.63, 3.8) is 0 Å². The molecular formula is C13H23N3O. The van der Waals surface area contributed by atoms with Crippen molar-refractivity contribution >= 4 is 0 Å². The van der Waals surface area contributed by atoms with Gasteiger partial charge in [0.1, 0.15) is 5.54 Å². The van der Waals surface area contributed by atoms with E-state index in [0.717, 1.165) is 32.6 Å². The Balaban J connectivity index is 1.96. The molecular weight excluding hydrogens is 214 g/mol. The summed E-state index contributed by atoms with van der Waals surface area (Å²) in [7, 11) is 1.77. The number of ether oxygens (including phenoxy) is 1. The zero-order valence-corrected chi connectivity index (χ0v) is 10.9. The largest absolute Gasteiger partial charge is 0.380 e. The van der Waals surface area contributed by atoms with Crippen molar-refractivity contribution in [2.24, 2.45) is 5.92 Å². The Kier molecular flexibility index (Phi) is 4.03. The lowest BCUT2D eigenvalue weighted by molar-refractivity contribution is 0.104. The molecule has 0 bridgehead atoms. The fourth-order valence-corrected chi connectivity index (χ4v) is 2.87. The van der Waals surface area contributed by atoms with Crippen LogP contribution in [0.3, 0.4) is 0 Å². The quantitative estimate of drug-likeness (QED) is 0.748. The first-order valence-electron chi connectivity index (χ1n) is 6.65. The molecule has 4 heteroatoms. The van der Waals surface area contributed by atoms with Gasteiger partial charge in [0.2, 0.25) is 0 Å². The zero-order valence-electron chi connectivity index (χ0n) is 10.9. The van der Waals surface area contributed by atoms with Crippen LogP contribution in [0.15, 0.2) is 0 Å². The lowest BCUT2D eigenvalue weighted by Crippen LogP contribution is -2.54. The standard InChI is InChI=1S/C13H23N3O/c1-3-15-13(9-14,11-4-5-11)10-16-7-6-12(8-16)17-2/h11-12,15H,3-8,10H2,1-2H3. The Morgan fingerprint density at radius 3 is 2.71 bits per heavy atom. The summed E-state index contributed by atoms with van der Waals surface area (Å²) in [5.41, 5.74) is -0.322. The van der Waals surface area contributed by atoms with E-state index in [-0.39, 0.29) is 5.54 Å². The van der Waals surface area contributed by atoms with Crippen molar-refractivity contribution in [2.45, 2.75) is 37.8 Å². The van der Waals surface area contributed by atoms with Gasteiger partial charge in [-0.3, -0.25) is 10.2 Å². The molecule has 1 aliphatic carbocycles. The Hall–Kier alpha value is -0.630. The minimum Gasteiger partial charge on any atom is -0.380 e. The summed E-state index contributed by atoms with van der Waals surface area (Å²) in [6.07, 6.45) is 3.84. The number of likely N-dealkylation sites (tertiary alicyclic amines) is 1. The van der Waals surface area contributed by atoms with E-state index in [2.05, 4.69) is 23.2 Å². The molecule has 1 heterocycles. The Bertz CT molecular complexity index is 298. The van der Waals surface area contributed by atoms with E-state index in [0.29, 0.717) is 12.0 Å². The molecule has 0 aromatic carbocycles. The van der Waals surface area contributed by atoms with Gasteiger partial charge in [-0.1, -0.05) is 6.92 Å². The SMILES string of the molecule is CCNC(C#N)(CN1CCC(OC)C1)C1CC1. The molecule has 0 radical (unpaired) electrons. The van der Waals surface area contributed by atoms with Crippen LogP contribution in [0.25, 0.3) is 0 Å². The lowest BCUT2D eigenvalue weighted by atomic mass is 9.94. The van der Waals surface area contributed by atoms with Gasteiger partial charge in [-0.05, 0) is 31.7 Å². The molecule has 0 amide bonds. The molecule has 2 unspecified atom stereocenters. The van der Waals surface area contributed by atoms with Crippen LogP contribution < -0.4 is 5.32 Å². The number of nitrogens with zero attached hydrogens (tertiary/aromatic N) is 2. The Morgan fingerprint density at radius 1 is 1.47 bits per heavy atom. The normalized spacial score (nSPS) is 28.9. The number of hydrogen-bond acceptors (Lipinski definition) is 4. The zero-order chi connectivity index (χ0) is 12.3. The predicted octanol–water partition coefficient (Wildman–Crippen LogP) is 0.989. The highest BCUT2D eigenvalue weighted by Gasteiger charge is 2.46. The first-order chi connectivity index (χ1) is 8.24. The second-order valence-electron chi connectivity index (χ2n) is 5.27. The maximum atomic E-state index is 9.53. The minimum absolute atomic E-state index is 0.322. The molecule has 1 N–H and O–H groups in total. The summed E-state index contributed by atoms with van der Waals surface area (Å²) in [6, 6.07) is 2.54. The van der Waals surface area contributed by atoms with Gasteiger partial charge >= 0.3 is 0 Å². The molecule has 2 atom stereocenters. The molecule has 17 heavy (non-hydrogen) atoms. The van der Waals surface area contributed by atoms with Gasteiger partial charge < -0.3 is 4.74 Å². The lowest BCUT2D eigenvalue weighted by Gasteiger charge is -2.32. The van der Waals surface area contributed by atoms with Crippen LogP contribution in [0.2, 0.25) is 0 Å². The molecule has 1 aliphatic heterocycles. The number of methoxy groups -OCH3 is 1. The smallest absolute Gasteiger partial charge is 0.122 e. The first kappa shape index (κ1) is 12.8. The van der Waals surface area contributed by atoms with Crippen molar-refractivity contribution in [3.8, 4) is 6.07 Å². The van der Waals surface area contributed by atoms with Crippen molar-refractivity contribution in [2.75, 3.05) is 33.3 Å². The van der Waals surface area contributed by atoms with Gasteiger partial charge in [-0.2, -0.15) is 5.26 Å². The maximum absolute atomic E-state index is 9.53. The fraction of sp³-hybridized carbons (Fsp3) is 0.923. The van der Waals surface area contributed by atoms with E-state index in [4.69, 9.17) is 4.74 Å². The third-order valence-electron chi connectivity index (χ3n) is 4.00. The first-order valence-corrected chi connectivity index (χ1v) is 6.65. The maximum Gasteiger partial charge on any atom is 0.122 e. The van der Waals surface area contributed by atoms with Gasteiger partial charge in [0, 0.05) is 26.7 Å². The molecule has 1 saturated heterocycles. The molecule has 96 valence electrons. The van der Waals surface area contributed by atoms with Crippen molar-refractivity contribution in [1.82, 2.24) is 10.2 Å². The third-order valence-corrected chi connectivity index (χ3v) is 4.00. The fourth-order valence-electron chi connectivity index (χ4n) is 2.87. The van der Waals surface area contributed by atoms with Crippen LogP contribution in [0, 0.1) is 17.2 Å². The van der Waals surface area contributed by atoms with E-state index < -0.39 is 0 Å². The van der Waals surface area contributed by atoms with Gasteiger partial charge in [-0.15, -0.1) is 0 Å². The highest BCUT2D eigenvalue weighted by Crippen LogP contribution is 2.40. The average molecular weight is 237 g/mol. The van der Waals surface area contributed by atoms with Crippen LogP contribution in [0.4, 0.5) is 0 Å². The minimum atomic E-state index is -0.322. The third kappa shape index (κ3) is 2.79. The Morgan fingerprint density at radius 2 is 2.24 bits per heavy atom. The monoisotopic (exact) mass is 237 g/mol. The van der Waals surface area contributed by atoms with E-state index in [1.807, 2.05) is 0 Å². The number of rotatable bonds is 6. The molecule has 2 rings (SSSR count). The van der Waals surface area contributed by atoms with E-state index in [9.17, 15) is 5.26 Å². The predicted molar refractivity (Wildman–Crippen MR) is 66.6 cm³/mol. The van der Waals surface area contributed by atoms with E-state index in [1.54, 1.807) is 7.11 Å². The van der Waals surface area contributed by atoms with Crippen LogP contribution in [0.1, 0.15) is 26.2 Å². The summed E-state index contributed by atoms with van der Waals surface area (Å²) >= 11 is 0. The summed E-state index contributed by atoms with van der Waals surface area (Å²) < 4.78 is 5.38. The number of nitriles is 1. The van der Waals surface area contributed by atoms with Crippen molar-refractivity contribution in [1.29, 1.82) is 5.26 Å².